The average molecular weight is 767 g/mol. The van der Waals surface area contributed by atoms with Gasteiger partial charge < -0.3 is 0 Å². The Labute approximate surface area is 350 Å². The number of nitrogens with zero attached hydrogens (tertiary/aromatic N) is 2. The first-order valence-corrected chi connectivity index (χ1v) is 21.5. The lowest BCUT2D eigenvalue weighted by Crippen LogP contribution is -2.16. The van der Waals surface area contributed by atoms with Gasteiger partial charge in [0.1, 0.15) is 5.82 Å². The molecule has 2 heteroatoms. The minimum Gasteiger partial charge on any atom is -0.292 e. The molecule has 1 aromatic heterocycles. The third-order valence-electron chi connectivity index (χ3n) is 14.0. The lowest BCUT2D eigenvalue weighted by Gasteiger charge is -2.27. The van der Waals surface area contributed by atoms with Crippen molar-refractivity contribution in [1.82, 2.24) is 9.55 Å². The number of para-hydroxylation sites is 3. The molecule has 0 amide bonds. The van der Waals surface area contributed by atoms with E-state index in [1.807, 2.05) is 0 Å². The highest BCUT2D eigenvalue weighted by atomic mass is 15.1. The first-order chi connectivity index (χ1) is 29.5. The van der Waals surface area contributed by atoms with Crippen molar-refractivity contribution in [3.63, 3.8) is 0 Å². The van der Waals surface area contributed by atoms with Gasteiger partial charge in [0.15, 0.2) is 0 Å². The van der Waals surface area contributed by atoms with E-state index in [-0.39, 0.29) is 5.41 Å². The van der Waals surface area contributed by atoms with Crippen molar-refractivity contribution in [1.29, 1.82) is 0 Å². The van der Waals surface area contributed by atoms with Gasteiger partial charge in [-0.05, 0) is 173 Å². The summed E-state index contributed by atoms with van der Waals surface area (Å²) in [5.41, 5.74) is 20.7. The molecule has 1 heterocycles. The lowest BCUT2D eigenvalue weighted by atomic mass is 9.76. The maximum atomic E-state index is 5.30. The normalized spacial score (nSPS) is 15.8. The van der Waals surface area contributed by atoms with Crippen LogP contribution in [0.2, 0.25) is 0 Å². The number of allylic oxidation sites excluding steroid dienone is 6. The third kappa shape index (κ3) is 4.68. The zero-order valence-corrected chi connectivity index (χ0v) is 33.9. The molecule has 0 fully saturated rings. The average Bonchev–Trinajstić information content (AvgIpc) is 3.79. The zero-order valence-electron chi connectivity index (χ0n) is 33.9. The van der Waals surface area contributed by atoms with Crippen LogP contribution in [0.1, 0.15) is 60.1 Å². The highest BCUT2D eigenvalue weighted by Gasteiger charge is 2.38. The second kappa shape index (κ2) is 12.5. The van der Waals surface area contributed by atoms with E-state index in [0.717, 1.165) is 53.8 Å². The molecule has 0 saturated heterocycles. The second-order valence-corrected chi connectivity index (χ2v) is 17.6. The zero-order chi connectivity index (χ0) is 39.7. The van der Waals surface area contributed by atoms with E-state index >= 15 is 0 Å². The number of aromatic nitrogens is 2. The first-order valence-electron chi connectivity index (χ1n) is 21.5. The predicted molar refractivity (Wildman–Crippen MR) is 254 cm³/mol. The van der Waals surface area contributed by atoms with Crippen molar-refractivity contribution in [3.8, 4) is 39.3 Å². The summed E-state index contributed by atoms with van der Waals surface area (Å²) in [7, 11) is 0. The van der Waals surface area contributed by atoms with E-state index in [2.05, 4.69) is 188 Å². The number of hydrogen-bond acceptors (Lipinski definition) is 1. The smallest absolute Gasteiger partial charge is 0.145 e. The molecule has 2 nitrogen and oxygen atoms in total. The Morgan fingerprint density at radius 1 is 0.567 bits per heavy atom. The van der Waals surface area contributed by atoms with Crippen LogP contribution in [0.15, 0.2) is 163 Å². The number of imidazole rings is 1. The molecular weight excluding hydrogens is 725 g/mol. The Morgan fingerprint density at radius 2 is 1.30 bits per heavy atom. The molecule has 9 aromatic rings. The fourth-order valence-electron chi connectivity index (χ4n) is 11.4. The summed E-state index contributed by atoms with van der Waals surface area (Å²) in [5.74, 6) is 0.944. The Balaban J connectivity index is 1.15. The topological polar surface area (TPSA) is 17.8 Å². The van der Waals surface area contributed by atoms with Gasteiger partial charge in [-0.2, -0.15) is 0 Å². The van der Waals surface area contributed by atoms with E-state index in [4.69, 9.17) is 4.98 Å². The minimum atomic E-state index is -0.0980. The second-order valence-electron chi connectivity index (χ2n) is 17.6. The first kappa shape index (κ1) is 33.9. The summed E-state index contributed by atoms with van der Waals surface area (Å²) in [6.45, 7) is 4.86. The number of fused-ring (bicyclic) bond motifs is 5. The highest BCUT2D eigenvalue weighted by molar-refractivity contribution is 6.24. The quantitative estimate of drug-likeness (QED) is 0.163. The fourth-order valence-corrected chi connectivity index (χ4v) is 11.4. The van der Waals surface area contributed by atoms with Crippen LogP contribution in [0, 0.1) is 0 Å². The molecule has 284 valence electrons. The molecule has 0 radical (unpaired) electrons. The van der Waals surface area contributed by atoms with E-state index in [1.165, 1.54) is 99.1 Å². The maximum Gasteiger partial charge on any atom is 0.145 e. The summed E-state index contributed by atoms with van der Waals surface area (Å²) in [4.78, 5) is 5.30. The summed E-state index contributed by atoms with van der Waals surface area (Å²) < 4.78 is 2.31. The van der Waals surface area contributed by atoms with Crippen molar-refractivity contribution in [3.05, 3.63) is 197 Å². The van der Waals surface area contributed by atoms with E-state index in [0.29, 0.717) is 0 Å². The van der Waals surface area contributed by atoms with Gasteiger partial charge in [-0.1, -0.05) is 135 Å². The van der Waals surface area contributed by atoms with Crippen LogP contribution in [-0.2, 0) is 18.3 Å². The number of benzene rings is 8. The Hall–Kier alpha value is -7.03. The van der Waals surface area contributed by atoms with Crippen LogP contribution in [0.4, 0.5) is 0 Å². The summed E-state index contributed by atoms with van der Waals surface area (Å²) in [6.07, 6.45) is 18.4. The van der Waals surface area contributed by atoms with E-state index < -0.39 is 0 Å². The van der Waals surface area contributed by atoms with Crippen molar-refractivity contribution in [2.75, 3.05) is 0 Å². The van der Waals surface area contributed by atoms with Gasteiger partial charge >= 0.3 is 0 Å². The van der Waals surface area contributed by atoms with Crippen molar-refractivity contribution >= 4 is 61.1 Å². The Bertz CT molecular complexity index is 3490. The van der Waals surface area contributed by atoms with Crippen LogP contribution in [0.3, 0.4) is 0 Å². The summed E-state index contributed by atoms with van der Waals surface area (Å²) in [5, 5.41) is 8.06. The summed E-state index contributed by atoms with van der Waals surface area (Å²) >= 11 is 0. The van der Waals surface area contributed by atoms with E-state index in [9.17, 15) is 0 Å². The van der Waals surface area contributed by atoms with Gasteiger partial charge in [0.05, 0.1) is 11.0 Å². The van der Waals surface area contributed by atoms with Gasteiger partial charge in [-0.25, -0.2) is 4.98 Å². The molecule has 0 N–H and O–H groups in total. The fraction of sp³-hybridized carbons (Fsp3) is 0.121. The van der Waals surface area contributed by atoms with Crippen LogP contribution >= 0.6 is 0 Å². The van der Waals surface area contributed by atoms with Gasteiger partial charge in [-0.3, -0.25) is 4.57 Å². The molecule has 60 heavy (non-hydrogen) atoms. The Morgan fingerprint density at radius 3 is 2.17 bits per heavy atom. The van der Waals surface area contributed by atoms with Crippen molar-refractivity contribution in [2.45, 2.75) is 44.9 Å². The molecule has 0 bridgehead atoms. The van der Waals surface area contributed by atoms with Crippen LogP contribution in [0.5, 0.6) is 0 Å². The van der Waals surface area contributed by atoms with E-state index in [1.54, 1.807) is 0 Å². The van der Waals surface area contributed by atoms with Gasteiger partial charge in [0, 0.05) is 16.7 Å². The maximum absolute atomic E-state index is 5.30. The predicted octanol–water partition coefficient (Wildman–Crippen LogP) is 15.0. The summed E-state index contributed by atoms with van der Waals surface area (Å²) in [6, 6.07) is 49.9. The molecule has 0 spiro atoms. The lowest BCUT2D eigenvalue weighted by molar-refractivity contribution is 0.652. The van der Waals surface area contributed by atoms with Crippen LogP contribution in [-0.4, -0.2) is 9.55 Å². The molecular formula is C58H42N2. The van der Waals surface area contributed by atoms with Crippen LogP contribution < -0.4 is 0 Å². The molecule has 8 aromatic carbocycles. The van der Waals surface area contributed by atoms with Crippen LogP contribution in [0.25, 0.3) is 100 Å². The third-order valence-corrected chi connectivity index (χ3v) is 14.0. The van der Waals surface area contributed by atoms with Crippen molar-refractivity contribution < 1.29 is 0 Å². The number of hydrogen-bond donors (Lipinski definition) is 0. The molecule has 13 rings (SSSR count). The largest absolute Gasteiger partial charge is 0.292 e. The monoisotopic (exact) mass is 766 g/mol. The van der Waals surface area contributed by atoms with Gasteiger partial charge in [0.25, 0.3) is 0 Å². The standard InChI is InChI=1S/C58H42N2/c1-58(2)49-26-9-8-22-41(49)45-33-47-48(34-50(45)58)54(37-17-13-19-39(31-37)57-59-51-27-10-11-28-52(51)60(57)40-20-4-3-5-21-40)42-23-6-7-24-43(42)56(47)46-32-38-18-12-15-35-29-30-36-16-14-25-44(46)55(36)53(35)38/h3-7,9-14,17-21,23-34H,8,15-16,22H2,1-2H3. The molecule has 0 aliphatic heterocycles. The SMILES string of the molecule is CC1(C)C2=C(CCC=C2)c2cc3c(-c4cc5c6c(ccc7c6c4C=CC7)CC=C5)c4ccccc4c(-c4cccc(-c5nc6ccccc6n5-c5ccccc5)c4)c3cc21. The highest BCUT2D eigenvalue weighted by Crippen LogP contribution is 2.55. The molecule has 0 unspecified atom stereocenters. The van der Waals surface area contributed by atoms with Gasteiger partial charge in [-0.15, -0.1) is 0 Å². The van der Waals surface area contributed by atoms with Crippen molar-refractivity contribution in [2.24, 2.45) is 0 Å². The molecule has 4 aliphatic rings. The van der Waals surface area contributed by atoms with Gasteiger partial charge in [0.2, 0.25) is 0 Å². The minimum absolute atomic E-state index is 0.0980. The number of rotatable bonds is 4. The molecule has 4 aliphatic carbocycles. The molecule has 0 atom stereocenters. The molecule has 0 saturated carbocycles. The Kier molecular flexibility index (Phi) is 7.06.